The van der Waals surface area contributed by atoms with Gasteiger partial charge in [0.05, 0.1) is 13.2 Å². The molecule has 6 nitrogen and oxygen atoms in total. The largest absolute Gasteiger partial charge is 0.383 e. The predicted molar refractivity (Wildman–Crippen MR) is 121 cm³/mol. The third-order valence-electron chi connectivity index (χ3n) is 4.74. The van der Waals surface area contributed by atoms with Crippen molar-refractivity contribution in [1.29, 1.82) is 0 Å². The summed E-state index contributed by atoms with van der Waals surface area (Å²) in [5.41, 5.74) is 2.31. The van der Waals surface area contributed by atoms with Gasteiger partial charge in [0.15, 0.2) is 5.96 Å². The first-order valence-electron chi connectivity index (χ1n) is 10.7. The number of anilines is 1. The van der Waals surface area contributed by atoms with Crippen LogP contribution in [0.25, 0.3) is 0 Å². The van der Waals surface area contributed by atoms with Gasteiger partial charge in [-0.25, -0.2) is 4.99 Å². The lowest BCUT2D eigenvalue weighted by Gasteiger charge is -2.21. The quantitative estimate of drug-likeness (QED) is 0.258. The highest BCUT2D eigenvalue weighted by molar-refractivity contribution is 5.80. The third-order valence-corrected chi connectivity index (χ3v) is 4.74. The lowest BCUT2D eigenvalue weighted by Crippen LogP contribution is -2.42. The van der Waals surface area contributed by atoms with Crippen LogP contribution in [0.4, 0.5) is 5.69 Å². The molecule has 0 amide bonds. The number of hydrogen-bond donors (Lipinski definition) is 3. The Labute approximate surface area is 172 Å². The molecule has 0 spiro atoms. The number of nitrogens with zero attached hydrogens (tertiary/aromatic N) is 2. The molecule has 3 N–H and O–H groups in total. The highest BCUT2D eigenvalue weighted by Crippen LogP contribution is 2.10. The minimum Gasteiger partial charge on any atom is -0.383 e. The van der Waals surface area contributed by atoms with E-state index in [-0.39, 0.29) is 0 Å². The molecule has 0 aliphatic rings. The molecule has 1 aromatic rings. The van der Waals surface area contributed by atoms with Crippen LogP contribution >= 0.6 is 0 Å². The van der Waals surface area contributed by atoms with Crippen molar-refractivity contribution in [2.24, 2.45) is 4.99 Å². The van der Waals surface area contributed by atoms with E-state index in [1.807, 2.05) is 0 Å². The van der Waals surface area contributed by atoms with Gasteiger partial charge in [0.25, 0.3) is 0 Å². The summed E-state index contributed by atoms with van der Waals surface area (Å²) < 4.78 is 5.06. The zero-order valence-electron chi connectivity index (χ0n) is 18.6. The maximum atomic E-state index is 5.06. The van der Waals surface area contributed by atoms with Crippen LogP contribution in [-0.4, -0.2) is 63.3 Å². The predicted octanol–water partition coefficient (Wildman–Crippen LogP) is 3.31. The highest BCUT2D eigenvalue weighted by atomic mass is 16.5. The standard InChI is InChI=1S/C22H41N5O/c1-6-23-22(26-19(4)10-9-16-27(7-2)8-3)25-18-20-11-13-21(14-12-20)24-15-17-28-5/h11-14,19,24H,6-10,15-18H2,1-5H3,(H2,23,25,26). The van der Waals surface area contributed by atoms with Gasteiger partial charge in [-0.1, -0.05) is 26.0 Å². The molecule has 0 aromatic heterocycles. The van der Waals surface area contributed by atoms with Gasteiger partial charge in [0.1, 0.15) is 0 Å². The van der Waals surface area contributed by atoms with Crippen molar-refractivity contribution in [3.8, 4) is 0 Å². The minimum absolute atomic E-state index is 0.403. The number of nitrogens with one attached hydrogen (secondary N) is 3. The van der Waals surface area contributed by atoms with Gasteiger partial charge >= 0.3 is 0 Å². The molecule has 1 unspecified atom stereocenters. The first kappa shape index (κ1) is 24.2. The highest BCUT2D eigenvalue weighted by Gasteiger charge is 2.06. The Kier molecular flexibility index (Phi) is 13.1. The Hall–Kier alpha value is -1.79. The molecule has 0 fully saturated rings. The molecule has 160 valence electrons. The molecule has 0 radical (unpaired) electrons. The van der Waals surface area contributed by atoms with Crippen molar-refractivity contribution in [1.82, 2.24) is 15.5 Å². The maximum Gasteiger partial charge on any atom is 0.191 e. The molecule has 1 atom stereocenters. The van der Waals surface area contributed by atoms with Crippen LogP contribution < -0.4 is 16.0 Å². The summed E-state index contributed by atoms with van der Waals surface area (Å²) >= 11 is 0. The van der Waals surface area contributed by atoms with E-state index in [1.165, 1.54) is 12.0 Å². The van der Waals surface area contributed by atoms with E-state index in [4.69, 9.17) is 9.73 Å². The summed E-state index contributed by atoms with van der Waals surface area (Å²) in [7, 11) is 1.71. The fraction of sp³-hybridized carbons (Fsp3) is 0.682. The molecule has 0 saturated heterocycles. The topological polar surface area (TPSA) is 60.9 Å². The van der Waals surface area contributed by atoms with Crippen molar-refractivity contribution in [2.75, 3.05) is 51.8 Å². The Morgan fingerprint density at radius 3 is 2.46 bits per heavy atom. The molecule has 0 aliphatic heterocycles. The number of hydrogen-bond acceptors (Lipinski definition) is 4. The minimum atomic E-state index is 0.403. The second kappa shape index (κ2) is 15.2. The summed E-state index contributed by atoms with van der Waals surface area (Å²) in [5, 5.41) is 10.2. The van der Waals surface area contributed by atoms with E-state index in [0.717, 1.165) is 50.8 Å². The Morgan fingerprint density at radius 2 is 1.86 bits per heavy atom. The van der Waals surface area contributed by atoms with Gasteiger partial charge < -0.3 is 25.6 Å². The van der Waals surface area contributed by atoms with E-state index in [1.54, 1.807) is 7.11 Å². The first-order valence-corrected chi connectivity index (χ1v) is 10.7. The van der Waals surface area contributed by atoms with Gasteiger partial charge in [-0.3, -0.25) is 0 Å². The zero-order valence-corrected chi connectivity index (χ0v) is 18.6. The second-order valence-electron chi connectivity index (χ2n) is 7.03. The van der Waals surface area contributed by atoms with Crippen LogP contribution in [-0.2, 0) is 11.3 Å². The second-order valence-corrected chi connectivity index (χ2v) is 7.03. The van der Waals surface area contributed by atoms with Gasteiger partial charge in [0.2, 0.25) is 0 Å². The first-order chi connectivity index (χ1) is 13.6. The molecular weight excluding hydrogens is 350 g/mol. The van der Waals surface area contributed by atoms with Crippen LogP contribution in [0.1, 0.15) is 46.1 Å². The van der Waals surface area contributed by atoms with E-state index < -0.39 is 0 Å². The van der Waals surface area contributed by atoms with E-state index >= 15 is 0 Å². The molecule has 0 bridgehead atoms. The van der Waals surface area contributed by atoms with Crippen LogP contribution in [0, 0.1) is 0 Å². The van der Waals surface area contributed by atoms with Crippen molar-refractivity contribution in [3.05, 3.63) is 29.8 Å². The molecular formula is C22H41N5O. The molecule has 28 heavy (non-hydrogen) atoms. The lowest BCUT2D eigenvalue weighted by atomic mass is 10.2. The summed E-state index contributed by atoms with van der Waals surface area (Å²) in [6.07, 6.45) is 2.34. The summed E-state index contributed by atoms with van der Waals surface area (Å²) in [6, 6.07) is 8.83. The average molecular weight is 392 g/mol. The van der Waals surface area contributed by atoms with Gasteiger partial charge in [-0.15, -0.1) is 0 Å². The number of methoxy groups -OCH3 is 1. The van der Waals surface area contributed by atoms with Crippen LogP contribution in [0.2, 0.25) is 0 Å². The van der Waals surface area contributed by atoms with Crippen molar-refractivity contribution in [2.45, 2.75) is 53.1 Å². The third kappa shape index (κ3) is 10.5. The van der Waals surface area contributed by atoms with E-state index in [2.05, 4.69) is 72.8 Å². The smallest absolute Gasteiger partial charge is 0.191 e. The molecule has 1 rings (SSSR count). The molecule has 0 heterocycles. The van der Waals surface area contributed by atoms with Crippen molar-refractivity contribution >= 4 is 11.6 Å². The molecule has 6 heteroatoms. The summed E-state index contributed by atoms with van der Waals surface area (Å²) in [4.78, 5) is 7.22. The number of ether oxygens (including phenoxy) is 1. The fourth-order valence-electron chi connectivity index (χ4n) is 2.98. The number of aliphatic imine (C=N–C) groups is 1. The number of rotatable bonds is 14. The fourth-order valence-corrected chi connectivity index (χ4v) is 2.98. The maximum absolute atomic E-state index is 5.06. The monoisotopic (exact) mass is 391 g/mol. The molecule has 1 aromatic carbocycles. The Morgan fingerprint density at radius 1 is 1.14 bits per heavy atom. The van der Waals surface area contributed by atoms with Crippen LogP contribution in [0.3, 0.4) is 0 Å². The van der Waals surface area contributed by atoms with Gasteiger partial charge in [0, 0.05) is 31.9 Å². The number of benzene rings is 1. The average Bonchev–Trinajstić information content (AvgIpc) is 2.71. The summed E-state index contributed by atoms with van der Waals surface area (Å²) in [6.45, 7) is 15.3. The number of guanidine groups is 1. The van der Waals surface area contributed by atoms with Crippen LogP contribution in [0.5, 0.6) is 0 Å². The normalized spacial score (nSPS) is 12.9. The van der Waals surface area contributed by atoms with E-state index in [0.29, 0.717) is 19.2 Å². The molecule has 0 saturated carbocycles. The SMILES string of the molecule is CCNC(=NCc1ccc(NCCOC)cc1)NC(C)CCCN(CC)CC. The van der Waals surface area contributed by atoms with Crippen molar-refractivity contribution < 1.29 is 4.74 Å². The summed E-state index contributed by atoms with van der Waals surface area (Å²) in [5.74, 6) is 0.889. The Balaban J connectivity index is 2.47. The van der Waals surface area contributed by atoms with Crippen molar-refractivity contribution in [3.63, 3.8) is 0 Å². The van der Waals surface area contributed by atoms with Gasteiger partial charge in [-0.2, -0.15) is 0 Å². The Bertz CT molecular complexity index is 528. The van der Waals surface area contributed by atoms with E-state index in [9.17, 15) is 0 Å². The van der Waals surface area contributed by atoms with Crippen LogP contribution in [0.15, 0.2) is 29.3 Å². The lowest BCUT2D eigenvalue weighted by molar-refractivity contribution is 0.211. The molecule has 0 aliphatic carbocycles. The van der Waals surface area contributed by atoms with Gasteiger partial charge in [-0.05, 0) is 64.0 Å². The zero-order chi connectivity index (χ0) is 20.6.